The third-order valence-electron chi connectivity index (χ3n) is 4.15. The Labute approximate surface area is 125 Å². The van der Waals surface area contributed by atoms with Crippen molar-refractivity contribution in [1.29, 1.82) is 0 Å². The van der Waals surface area contributed by atoms with Gasteiger partial charge in [-0.05, 0) is 32.3 Å². The lowest BCUT2D eigenvalue weighted by atomic mass is 10.1. The summed E-state index contributed by atoms with van der Waals surface area (Å²) in [5, 5.41) is 11.9. The molecular weight excluding hydrogens is 268 g/mol. The van der Waals surface area contributed by atoms with Gasteiger partial charge in [-0.1, -0.05) is 30.3 Å². The molecule has 0 spiro atoms. The summed E-state index contributed by atoms with van der Waals surface area (Å²) in [5.41, 5.74) is 0.584. The lowest BCUT2D eigenvalue weighted by Crippen LogP contribution is -2.44. The predicted molar refractivity (Wildman–Crippen MR) is 79.8 cm³/mol. The van der Waals surface area contributed by atoms with Crippen LogP contribution in [0.5, 0.6) is 0 Å². The van der Waals surface area contributed by atoms with E-state index in [0.29, 0.717) is 17.6 Å². The monoisotopic (exact) mass is 290 g/mol. The second-order valence-corrected chi connectivity index (χ2v) is 5.70. The fraction of sp³-hybridized carbons (Fsp3) is 0.500. The fourth-order valence-corrected chi connectivity index (χ4v) is 2.87. The smallest absolute Gasteiger partial charge is 0.330 e. The molecule has 2 N–H and O–H groups in total. The second-order valence-electron chi connectivity index (χ2n) is 5.70. The summed E-state index contributed by atoms with van der Waals surface area (Å²) in [4.78, 5) is 25.7. The molecule has 2 unspecified atom stereocenters. The number of aliphatic carboxylic acids is 1. The number of hydrogen-bond acceptors (Lipinski definition) is 3. The van der Waals surface area contributed by atoms with Gasteiger partial charge in [0.2, 0.25) is 5.91 Å². The molecule has 1 heterocycles. The SMILES string of the molecule is CC1CCC(C)N1CC(=O)N[C@@H](C(=O)O)c1ccccc1. The standard InChI is InChI=1S/C16H22N2O3/c1-11-8-9-12(2)18(11)10-14(19)17-15(16(20)21)13-6-4-3-5-7-13/h3-7,11-12,15H,8-10H2,1-2H3,(H,17,19)(H,20,21)/t11?,12?,15-/m1/s1. The maximum atomic E-state index is 12.2. The number of amides is 1. The second kappa shape index (κ2) is 6.72. The van der Waals surface area contributed by atoms with E-state index in [2.05, 4.69) is 24.1 Å². The van der Waals surface area contributed by atoms with E-state index in [9.17, 15) is 14.7 Å². The van der Waals surface area contributed by atoms with Crippen LogP contribution in [-0.2, 0) is 9.59 Å². The van der Waals surface area contributed by atoms with Crippen LogP contribution in [0.15, 0.2) is 30.3 Å². The molecule has 0 aromatic heterocycles. The van der Waals surface area contributed by atoms with E-state index in [1.165, 1.54) is 0 Å². The zero-order valence-electron chi connectivity index (χ0n) is 12.5. The molecule has 0 aliphatic carbocycles. The van der Waals surface area contributed by atoms with Crippen LogP contribution in [0.4, 0.5) is 0 Å². The van der Waals surface area contributed by atoms with Crippen molar-refractivity contribution in [2.45, 2.75) is 44.8 Å². The Hall–Kier alpha value is -1.88. The van der Waals surface area contributed by atoms with Crippen molar-refractivity contribution in [2.75, 3.05) is 6.54 Å². The van der Waals surface area contributed by atoms with Crippen LogP contribution in [-0.4, -0.2) is 40.5 Å². The van der Waals surface area contributed by atoms with Gasteiger partial charge < -0.3 is 10.4 Å². The van der Waals surface area contributed by atoms with Crippen molar-refractivity contribution >= 4 is 11.9 Å². The summed E-state index contributed by atoms with van der Waals surface area (Å²) < 4.78 is 0. The van der Waals surface area contributed by atoms with E-state index >= 15 is 0 Å². The highest BCUT2D eigenvalue weighted by molar-refractivity contribution is 5.85. The van der Waals surface area contributed by atoms with Gasteiger partial charge in [0.25, 0.3) is 0 Å². The highest BCUT2D eigenvalue weighted by atomic mass is 16.4. The van der Waals surface area contributed by atoms with Gasteiger partial charge in [-0.3, -0.25) is 9.69 Å². The summed E-state index contributed by atoms with van der Waals surface area (Å²) in [6, 6.07) is 8.51. The van der Waals surface area contributed by atoms with E-state index < -0.39 is 12.0 Å². The van der Waals surface area contributed by atoms with Gasteiger partial charge in [-0.15, -0.1) is 0 Å². The first-order chi connectivity index (χ1) is 9.99. The highest BCUT2D eigenvalue weighted by Crippen LogP contribution is 2.23. The number of benzene rings is 1. The van der Waals surface area contributed by atoms with Crippen LogP contribution in [0.1, 0.15) is 38.3 Å². The molecule has 0 bridgehead atoms. The number of likely N-dealkylation sites (tertiary alicyclic amines) is 1. The Morgan fingerprint density at radius 3 is 2.33 bits per heavy atom. The molecule has 1 aromatic carbocycles. The van der Waals surface area contributed by atoms with Crippen molar-refractivity contribution in [1.82, 2.24) is 10.2 Å². The van der Waals surface area contributed by atoms with Gasteiger partial charge in [-0.2, -0.15) is 0 Å². The maximum absolute atomic E-state index is 12.2. The summed E-state index contributed by atoms with van der Waals surface area (Å²) >= 11 is 0. The number of carbonyl (C=O) groups is 2. The quantitative estimate of drug-likeness (QED) is 0.867. The summed E-state index contributed by atoms with van der Waals surface area (Å²) in [6.07, 6.45) is 2.16. The predicted octanol–water partition coefficient (Wildman–Crippen LogP) is 1.80. The summed E-state index contributed by atoms with van der Waals surface area (Å²) in [7, 11) is 0. The molecule has 21 heavy (non-hydrogen) atoms. The van der Waals surface area contributed by atoms with E-state index in [1.807, 2.05) is 6.07 Å². The number of rotatable bonds is 5. The van der Waals surface area contributed by atoms with Crippen LogP contribution in [0.2, 0.25) is 0 Å². The van der Waals surface area contributed by atoms with Gasteiger partial charge in [-0.25, -0.2) is 4.79 Å². The van der Waals surface area contributed by atoms with Crippen LogP contribution in [0.3, 0.4) is 0 Å². The topological polar surface area (TPSA) is 69.6 Å². The van der Waals surface area contributed by atoms with E-state index in [4.69, 9.17) is 0 Å². The number of nitrogens with zero attached hydrogens (tertiary/aromatic N) is 1. The summed E-state index contributed by atoms with van der Waals surface area (Å²) in [5.74, 6) is -1.29. The molecule has 1 fully saturated rings. The Bertz CT molecular complexity index is 494. The molecule has 0 saturated carbocycles. The first-order valence-corrected chi connectivity index (χ1v) is 7.32. The van der Waals surface area contributed by atoms with Gasteiger partial charge in [0.15, 0.2) is 6.04 Å². The number of hydrogen-bond donors (Lipinski definition) is 2. The molecular formula is C16H22N2O3. The first-order valence-electron chi connectivity index (χ1n) is 7.32. The molecule has 0 radical (unpaired) electrons. The third kappa shape index (κ3) is 3.82. The van der Waals surface area contributed by atoms with Crippen molar-refractivity contribution < 1.29 is 14.7 Å². The number of nitrogens with one attached hydrogen (secondary N) is 1. The van der Waals surface area contributed by atoms with Crippen molar-refractivity contribution in [2.24, 2.45) is 0 Å². The molecule has 1 amide bonds. The largest absolute Gasteiger partial charge is 0.479 e. The van der Waals surface area contributed by atoms with Crippen LogP contribution in [0, 0.1) is 0 Å². The Morgan fingerprint density at radius 2 is 1.81 bits per heavy atom. The molecule has 5 heteroatoms. The van der Waals surface area contributed by atoms with Gasteiger partial charge in [0.1, 0.15) is 0 Å². The normalized spacial score (nSPS) is 23.7. The van der Waals surface area contributed by atoms with E-state index in [-0.39, 0.29) is 12.5 Å². The van der Waals surface area contributed by atoms with Gasteiger partial charge in [0, 0.05) is 12.1 Å². The number of carbonyl (C=O) groups excluding carboxylic acids is 1. The Kier molecular flexibility index (Phi) is 4.96. The minimum absolute atomic E-state index is 0.244. The minimum atomic E-state index is -1.04. The molecule has 2 rings (SSSR count). The summed E-state index contributed by atoms with van der Waals surface area (Å²) in [6.45, 7) is 4.45. The van der Waals surface area contributed by atoms with Crippen molar-refractivity contribution in [3.8, 4) is 0 Å². The maximum Gasteiger partial charge on any atom is 0.330 e. The number of carboxylic acid groups (broad SMARTS) is 1. The molecule has 5 nitrogen and oxygen atoms in total. The van der Waals surface area contributed by atoms with Crippen molar-refractivity contribution in [3.63, 3.8) is 0 Å². The highest BCUT2D eigenvalue weighted by Gasteiger charge is 2.30. The van der Waals surface area contributed by atoms with Crippen molar-refractivity contribution in [3.05, 3.63) is 35.9 Å². The van der Waals surface area contributed by atoms with E-state index in [0.717, 1.165) is 12.8 Å². The van der Waals surface area contributed by atoms with E-state index in [1.54, 1.807) is 24.3 Å². The molecule has 1 aliphatic heterocycles. The zero-order valence-corrected chi connectivity index (χ0v) is 12.5. The first kappa shape index (κ1) is 15.5. The molecule has 114 valence electrons. The fourth-order valence-electron chi connectivity index (χ4n) is 2.87. The Balaban J connectivity index is 2.01. The molecule has 3 atom stereocenters. The lowest BCUT2D eigenvalue weighted by molar-refractivity contribution is -0.142. The molecule has 1 saturated heterocycles. The average Bonchev–Trinajstić information content (AvgIpc) is 2.77. The van der Waals surface area contributed by atoms with Crippen LogP contribution in [0.25, 0.3) is 0 Å². The Morgan fingerprint density at radius 1 is 1.24 bits per heavy atom. The molecule has 1 aromatic rings. The van der Waals surface area contributed by atoms with Gasteiger partial charge in [0.05, 0.1) is 6.54 Å². The minimum Gasteiger partial charge on any atom is -0.479 e. The molecule has 1 aliphatic rings. The zero-order chi connectivity index (χ0) is 15.4. The average molecular weight is 290 g/mol. The van der Waals surface area contributed by atoms with Gasteiger partial charge >= 0.3 is 5.97 Å². The third-order valence-corrected chi connectivity index (χ3v) is 4.15. The number of carboxylic acids is 1. The van der Waals surface area contributed by atoms with Crippen LogP contribution < -0.4 is 5.32 Å². The van der Waals surface area contributed by atoms with Crippen LogP contribution >= 0.6 is 0 Å². The lowest BCUT2D eigenvalue weighted by Gasteiger charge is -2.26.